The van der Waals surface area contributed by atoms with E-state index in [1.165, 1.54) is 23.5 Å². The third kappa shape index (κ3) is 1.63. The van der Waals surface area contributed by atoms with Gasteiger partial charge in [-0.05, 0) is 18.2 Å². The van der Waals surface area contributed by atoms with Crippen LogP contribution < -0.4 is 0 Å². The second-order valence-electron chi connectivity index (χ2n) is 2.71. The highest BCUT2D eigenvalue weighted by Crippen LogP contribution is 2.21. The fourth-order valence-electron chi connectivity index (χ4n) is 1.16. The Balaban J connectivity index is 2.55. The van der Waals surface area contributed by atoms with Crippen molar-refractivity contribution in [3.8, 4) is 17.3 Å². The van der Waals surface area contributed by atoms with Crippen LogP contribution in [-0.4, -0.2) is 4.98 Å². The van der Waals surface area contributed by atoms with Gasteiger partial charge in [-0.15, -0.1) is 11.3 Å². The summed E-state index contributed by atoms with van der Waals surface area (Å²) in [6.07, 6.45) is 0. The SMILES string of the molecule is N#Cc1cc(F)cc(-c2cscn2)c1. The molecule has 0 spiro atoms. The molecule has 0 bridgehead atoms. The molecule has 0 unspecified atom stereocenters. The minimum absolute atomic E-state index is 0.313. The lowest BCUT2D eigenvalue weighted by Gasteiger charge is -1.97. The lowest BCUT2D eigenvalue weighted by atomic mass is 10.1. The largest absolute Gasteiger partial charge is 0.245 e. The maximum atomic E-state index is 13.0. The molecule has 0 aliphatic rings. The van der Waals surface area contributed by atoms with E-state index < -0.39 is 5.82 Å². The highest BCUT2D eigenvalue weighted by atomic mass is 32.1. The van der Waals surface area contributed by atoms with E-state index in [1.807, 2.05) is 11.4 Å². The second-order valence-corrected chi connectivity index (χ2v) is 3.43. The normalized spacial score (nSPS) is 9.71. The molecule has 0 fully saturated rings. The maximum absolute atomic E-state index is 13.0. The number of halogens is 1. The summed E-state index contributed by atoms with van der Waals surface area (Å²) >= 11 is 1.44. The van der Waals surface area contributed by atoms with Crippen LogP contribution in [0.2, 0.25) is 0 Å². The van der Waals surface area contributed by atoms with Crippen molar-refractivity contribution in [2.24, 2.45) is 0 Å². The van der Waals surface area contributed by atoms with Crippen molar-refractivity contribution in [3.63, 3.8) is 0 Å². The summed E-state index contributed by atoms with van der Waals surface area (Å²) in [5.41, 5.74) is 3.33. The van der Waals surface area contributed by atoms with Crippen LogP contribution in [0.3, 0.4) is 0 Å². The van der Waals surface area contributed by atoms with Crippen molar-refractivity contribution >= 4 is 11.3 Å². The third-order valence-electron chi connectivity index (χ3n) is 1.75. The maximum Gasteiger partial charge on any atom is 0.125 e. The van der Waals surface area contributed by atoms with Gasteiger partial charge in [-0.3, -0.25) is 0 Å². The zero-order valence-electron chi connectivity index (χ0n) is 7.07. The molecule has 0 aliphatic heterocycles. The van der Waals surface area contributed by atoms with Crippen LogP contribution in [0.15, 0.2) is 29.1 Å². The van der Waals surface area contributed by atoms with Crippen molar-refractivity contribution < 1.29 is 4.39 Å². The van der Waals surface area contributed by atoms with Crippen molar-refractivity contribution in [1.29, 1.82) is 5.26 Å². The van der Waals surface area contributed by atoms with Crippen LogP contribution in [0.1, 0.15) is 5.56 Å². The van der Waals surface area contributed by atoms with Crippen LogP contribution in [-0.2, 0) is 0 Å². The van der Waals surface area contributed by atoms with E-state index in [1.54, 1.807) is 11.6 Å². The molecule has 2 rings (SSSR count). The number of thiazole rings is 1. The van der Waals surface area contributed by atoms with E-state index in [0.29, 0.717) is 16.8 Å². The van der Waals surface area contributed by atoms with Gasteiger partial charge in [0, 0.05) is 10.9 Å². The Labute approximate surface area is 84.3 Å². The molecule has 4 heteroatoms. The summed E-state index contributed by atoms with van der Waals surface area (Å²) in [5, 5.41) is 10.5. The Morgan fingerprint density at radius 2 is 2.21 bits per heavy atom. The average molecular weight is 204 g/mol. The molecule has 1 aromatic heterocycles. The first-order chi connectivity index (χ1) is 6.79. The topological polar surface area (TPSA) is 36.7 Å². The van der Waals surface area contributed by atoms with Gasteiger partial charge in [0.15, 0.2) is 0 Å². The van der Waals surface area contributed by atoms with E-state index in [4.69, 9.17) is 5.26 Å². The fourth-order valence-corrected chi connectivity index (χ4v) is 1.72. The molecule has 0 amide bonds. The van der Waals surface area contributed by atoms with E-state index in [0.717, 1.165) is 0 Å². The summed E-state index contributed by atoms with van der Waals surface area (Å²) in [7, 11) is 0. The molecular formula is C10H5FN2S. The van der Waals surface area contributed by atoms with Crippen molar-refractivity contribution in [3.05, 3.63) is 40.5 Å². The molecule has 1 heterocycles. The molecule has 0 N–H and O–H groups in total. The molecule has 0 atom stereocenters. The zero-order chi connectivity index (χ0) is 9.97. The van der Waals surface area contributed by atoms with Crippen LogP contribution in [0.4, 0.5) is 4.39 Å². The first-order valence-electron chi connectivity index (χ1n) is 3.89. The minimum atomic E-state index is -0.410. The van der Waals surface area contributed by atoms with E-state index >= 15 is 0 Å². The van der Waals surface area contributed by atoms with Crippen LogP contribution in [0, 0.1) is 17.1 Å². The average Bonchev–Trinajstić information content (AvgIpc) is 2.69. The molecule has 68 valence electrons. The van der Waals surface area contributed by atoms with Gasteiger partial charge in [0.05, 0.1) is 22.8 Å². The Morgan fingerprint density at radius 1 is 1.36 bits per heavy atom. The Bertz CT molecular complexity index is 485. The van der Waals surface area contributed by atoms with Crippen LogP contribution >= 0.6 is 11.3 Å². The molecule has 0 aliphatic carbocycles. The molecule has 1 aromatic carbocycles. The highest BCUT2D eigenvalue weighted by molar-refractivity contribution is 7.07. The Kier molecular flexibility index (Phi) is 2.25. The van der Waals surface area contributed by atoms with E-state index in [9.17, 15) is 4.39 Å². The van der Waals surface area contributed by atoms with Gasteiger partial charge in [0.25, 0.3) is 0 Å². The predicted molar refractivity (Wildman–Crippen MR) is 52.2 cm³/mol. The molecule has 2 aromatic rings. The summed E-state index contributed by atoms with van der Waals surface area (Å²) in [6, 6.07) is 6.10. The molecule has 14 heavy (non-hydrogen) atoms. The van der Waals surface area contributed by atoms with Gasteiger partial charge in [-0.2, -0.15) is 5.26 Å². The zero-order valence-corrected chi connectivity index (χ0v) is 7.88. The van der Waals surface area contributed by atoms with Crippen molar-refractivity contribution in [2.75, 3.05) is 0 Å². The monoisotopic (exact) mass is 204 g/mol. The summed E-state index contributed by atoms with van der Waals surface area (Å²) < 4.78 is 13.0. The molecule has 0 saturated heterocycles. The van der Waals surface area contributed by atoms with Crippen LogP contribution in [0.5, 0.6) is 0 Å². The van der Waals surface area contributed by atoms with E-state index in [-0.39, 0.29) is 0 Å². The Morgan fingerprint density at radius 3 is 2.86 bits per heavy atom. The van der Waals surface area contributed by atoms with E-state index in [2.05, 4.69) is 4.98 Å². The quantitative estimate of drug-likeness (QED) is 0.716. The van der Waals surface area contributed by atoms with Gasteiger partial charge < -0.3 is 0 Å². The molecule has 0 radical (unpaired) electrons. The fraction of sp³-hybridized carbons (Fsp3) is 0. The summed E-state index contributed by atoms with van der Waals surface area (Å²) in [5.74, 6) is -0.410. The summed E-state index contributed by atoms with van der Waals surface area (Å²) in [4.78, 5) is 4.05. The first-order valence-corrected chi connectivity index (χ1v) is 4.83. The standard InChI is InChI=1S/C10H5FN2S/c11-9-2-7(4-12)1-8(3-9)10-5-14-6-13-10/h1-3,5-6H. The van der Waals surface area contributed by atoms with Crippen molar-refractivity contribution in [1.82, 2.24) is 4.98 Å². The van der Waals surface area contributed by atoms with Gasteiger partial charge in [0.1, 0.15) is 5.82 Å². The summed E-state index contributed by atoms with van der Waals surface area (Å²) in [6.45, 7) is 0. The van der Waals surface area contributed by atoms with Gasteiger partial charge in [-0.1, -0.05) is 0 Å². The number of aromatic nitrogens is 1. The lowest BCUT2D eigenvalue weighted by molar-refractivity contribution is 0.628. The minimum Gasteiger partial charge on any atom is -0.245 e. The second kappa shape index (κ2) is 3.56. The van der Waals surface area contributed by atoms with Crippen LogP contribution in [0.25, 0.3) is 11.3 Å². The number of nitrogens with zero attached hydrogens (tertiary/aromatic N) is 2. The number of hydrogen-bond acceptors (Lipinski definition) is 3. The third-order valence-corrected chi connectivity index (χ3v) is 2.34. The number of benzene rings is 1. The Hall–Kier alpha value is -1.73. The smallest absolute Gasteiger partial charge is 0.125 e. The molecular weight excluding hydrogens is 199 g/mol. The first kappa shape index (κ1) is 8.85. The van der Waals surface area contributed by atoms with Gasteiger partial charge >= 0.3 is 0 Å². The predicted octanol–water partition coefficient (Wildman–Crippen LogP) is 2.82. The highest BCUT2D eigenvalue weighted by Gasteiger charge is 2.03. The number of nitriles is 1. The number of rotatable bonds is 1. The molecule has 2 nitrogen and oxygen atoms in total. The molecule has 0 saturated carbocycles. The lowest BCUT2D eigenvalue weighted by Crippen LogP contribution is -1.83. The van der Waals surface area contributed by atoms with Gasteiger partial charge in [-0.25, -0.2) is 9.37 Å². The van der Waals surface area contributed by atoms with Gasteiger partial charge in [0.2, 0.25) is 0 Å². The van der Waals surface area contributed by atoms with Crippen molar-refractivity contribution in [2.45, 2.75) is 0 Å². The number of hydrogen-bond donors (Lipinski definition) is 0.